The molecule has 0 atom stereocenters. The molecule has 4 nitrogen and oxygen atoms in total. The molecule has 1 amide bonds. The van der Waals surface area contributed by atoms with Crippen molar-refractivity contribution in [1.82, 2.24) is 0 Å². The first-order valence-corrected chi connectivity index (χ1v) is 6.89. The van der Waals surface area contributed by atoms with Gasteiger partial charge in [0.05, 0.1) is 15.8 Å². The molecule has 2 aromatic carbocycles. The number of halogens is 2. The summed E-state index contributed by atoms with van der Waals surface area (Å²) in [5.41, 5.74) is 7.17. The van der Waals surface area contributed by atoms with Crippen LogP contribution in [-0.2, 0) is 0 Å². The molecular formula is C14H12BrClN2O2. The molecule has 104 valence electrons. The number of nitrogens with two attached hydrogens (primary N) is 1. The third-order valence-corrected chi connectivity index (χ3v) is 3.76. The highest BCUT2D eigenvalue weighted by molar-refractivity contribution is 9.10. The standard InChI is InChI=1S/C14H12BrClN2O2/c1-18(12-7-9(16)3-5-11(12)17)14(20)8-2-4-10(15)13(19)6-8/h2-7,19H,17H2,1H3. The number of anilines is 2. The van der Waals surface area contributed by atoms with E-state index >= 15 is 0 Å². The van der Waals surface area contributed by atoms with E-state index in [0.29, 0.717) is 26.4 Å². The summed E-state index contributed by atoms with van der Waals surface area (Å²) in [6.45, 7) is 0. The summed E-state index contributed by atoms with van der Waals surface area (Å²) in [6.07, 6.45) is 0. The average Bonchev–Trinajstić information content (AvgIpc) is 2.43. The SMILES string of the molecule is CN(C(=O)c1ccc(Br)c(O)c1)c1cc(Cl)ccc1N. The quantitative estimate of drug-likeness (QED) is 0.808. The minimum absolute atomic E-state index is 0.00307. The van der Waals surface area contributed by atoms with Crippen LogP contribution in [0.2, 0.25) is 5.02 Å². The van der Waals surface area contributed by atoms with E-state index in [9.17, 15) is 9.90 Å². The van der Waals surface area contributed by atoms with E-state index in [1.807, 2.05) is 0 Å². The van der Waals surface area contributed by atoms with Crippen molar-refractivity contribution < 1.29 is 9.90 Å². The normalized spacial score (nSPS) is 10.3. The van der Waals surface area contributed by atoms with E-state index in [1.165, 1.54) is 11.0 Å². The molecule has 0 fully saturated rings. The third-order valence-electron chi connectivity index (χ3n) is 2.85. The molecular weight excluding hydrogens is 344 g/mol. The number of aromatic hydroxyl groups is 1. The van der Waals surface area contributed by atoms with E-state index in [-0.39, 0.29) is 11.7 Å². The summed E-state index contributed by atoms with van der Waals surface area (Å²) in [5, 5.41) is 10.1. The summed E-state index contributed by atoms with van der Waals surface area (Å²) >= 11 is 9.09. The molecule has 0 saturated heterocycles. The zero-order valence-corrected chi connectivity index (χ0v) is 12.9. The van der Waals surface area contributed by atoms with Crippen LogP contribution < -0.4 is 10.6 Å². The summed E-state index contributed by atoms with van der Waals surface area (Å²) in [7, 11) is 1.60. The Morgan fingerprint density at radius 2 is 2.00 bits per heavy atom. The minimum atomic E-state index is -0.290. The fourth-order valence-corrected chi connectivity index (χ4v) is 2.17. The maximum absolute atomic E-state index is 12.4. The van der Waals surface area contributed by atoms with Crippen molar-refractivity contribution in [2.24, 2.45) is 0 Å². The second kappa shape index (κ2) is 5.73. The zero-order valence-electron chi connectivity index (χ0n) is 10.6. The average molecular weight is 356 g/mol. The minimum Gasteiger partial charge on any atom is -0.507 e. The molecule has 0 saturated carbocycles. The number of amides is 1. The molecule has 0 radical (unpaired) electrons. The number of nitrogen functional groups attached to an aromatic ring is 1. The first kappa shape index (κ1) is 14.7. The van der Waals surface area contributed by atoms with Gasteiger partial charge in [0.25, 0.3) is 5.91 Å². The number of carbonyl (C=O) groups excluding carboxylic acids is 1. The molecule has 0 aliphatic carbocycles. The lowest BCUT2D eigenvalue weighted by molar-refractivity contribution is 0.0992. The molecule has 3 N–H and O–H groups in total. The van der Waals surface area contributed by atoms with E-state index in [4.69, 9.17) is 17.3 Å². The van der Waals surface area contributed by atoms with Gasteiger partial charge in [-0.3, -0.25) is 4.79 Å². The van der Waals surface area contributed by atoms with Gasteiger partial charge in [-0.05, 0) is 52.3 Å². The molecule has 6 heteroatoms. The van der Waals surface area contributed by atoms with Crippen LogP contribution >= 0.6 is 27.5 Å². The van der Waals surface area contributed by atoms with Gasteiger partial charge in [0.15, 0.2) is 0 Å². The van der Waals surface area contributed by atoms with Crippen LogP contribution in [0.4, 0.5) is 11.4 Å². The monoisotopic (exact) mass is 354 g/mol. The van der Waals surface area contributed by atoms with Gasteiger partial charge in [-0.2, -0.15) is 0 Å². The van der Waals surface area contributed by atoms with Crippen LogP contribution in [0.5, 0.6) is 5.75 Å². The van der Waals surface area contributed by atoms with Gasteiger partial charge in [-0.15, -0.1) is 0 Å². The molecule has 20 heavy (non-hydrogen) atoms. The van der Waals surface area contributed by atoms with Crippen LogP contribution in [0.1, 0.15) is 10.4 Å². The fraction of sp³-hybridized carbons (Fsp3) is 0.0714. The maximum Gasteiger partial charge on any atom is 0.258 e. The van der Waals surface area contributed by atoms with Crippen LogP contribution in [-0.4, -0.2) is 18.1 Å². The Hall–Kier alpha value is -1.72. The van der Waals surface area contributed by atoms with Gasteiger partial charge in [-0.25, -0.2) is 0 Å². The molecule has 0 aliphatic rings. The summed E-state index contributed by atoms with van der Waals surface area (Å²) in [4.78, 5) is 13.8. The predicted molar refractivity (Wildman–Crippen MR) is 84.4 cm³/mol. The van der Waals surface area contributed by atoms with Crippen LogP contribution in [0.3, 0.4) is 0 Å². The number of carbonyl (C=O) groups is 1. The maximum atomic E-state index is 12.4. The molecule has 0 bridgehead atoms. The van der Waals surface area contributed by atoms with Crippen LogP contribution in [0.25, 0.3) is 0 Å². The van der Waals surface area contributed by atoms with Gasteiger partial charge < -0.3 is 15.7 Å². The highest BCUT2D eigenvalue weighted by atomic mass is 79.9. The third kappa shape index (κ3) is 2.89. The number of nitrogens with zero attached hydrogens (tertiary/aromatic N) is 1. The predicted octanol–water partition coefficient (Wildman–Crippen LogP) is 3.67. The molecule has 0 aliphatic heterocycles. The number of rotatable bonds is 2. The summed E-state index contributed by atoms with van der Waals surface area (Å²) in [6, 6.07) is 9.53. The van der Waals surface area contributed by atoms with Crippen molar-refractivity contribution in [3.63, 3.8) is 0 Å². The Balaban J connectivity index is 2.37. The van der Waals surface area contributed by atoms with Gasteiger partial charge >= 0.3 is 0 Å². The second-order valence-corrected chi connectivity index (χ2v) is 5.52. The topological polar surface area (TPSA) is 66.6 Å². The zero-order chi connectivity index (χ0) is 14.9. The van der Waals surface area contributed by atoms with Crippen molar-refractivity contribution in [2.75, 3.05) is 17.7 Å². The first-order valence-electron chi connectivity index (χ1n) is 5.71. The first-order chi connectivity index (χ1) is 9.40. The Kier molecular flexibility index (Phi) is 4.20. The summed E-state index contributed by atoms with van der Waals surface area (Å²) in [5.74, 6) is -0.287. The second-order valence-electron chi connectivity index (χ2n) is 4.23. The van der Waals surface area contributed by atoms with Crippen molar-refractivity contribution in [3.8, 4) is 5.75 Å². The van der Waals surface area contributed by atoms with E-state index in [1.54, 1.807) is 37.4 Å². The highest BCUT2D eigenvalue weighted by Crippen LogP contribution is 2.29. The molecule has 2 aromatic rings. The fourth-order valence-electron chi connectivity index (χ4n) is 1.76. The van der Waals surface area contributed by atoms with Gasteiger partial charge in [0.1, 0.15) is 5.75 Å². The van der Waals surface area contributed by atoms with Crippen LogP contribution in [0.15, 0.2) is 40.9 Å². The Labute approximate surface area is 129 Å². The lowest BCUT2D eigenvalue weighted by Gasteiger charge is -2.19. The number of phenols is 1. The lowest BCUT2D eigenvalue weighted by Crippen LogP contribution is -2.27. The Bertz CT molecular complexity index is 676. The smallest absolute Gasteiger partial charge is 0.258 e. The lowest BCUT2D eigenvalue weighted by atomic mass is 10.1. The van der Waals surface area contributed by atoms with Gasteiger partial charge in [-0.1, -0.05) is 11.6 Å². The molecule has 0 aromatic heterocycles. The molecule has 0 spiro atoms. The Morgan fingerprint density at radius 1 is 1.30 bits per heavy atom. The number of phenolic OH excluding ortho intramolecular Hbond substituents is 1. The molecule has 0 heterocycles. The highest BCUT2D eigenvalue weighted by Gasteiger charge is 2.17. The van der Waals surface area contributed by atoms with Crippen molar-refractivity contribution >= 4 is 44.8 Å². The van der Waals surface area contributed by atoms with Crippen LogP contribution in [0, 0.1) is 0 Å². The molecule has 0 unspecified atom stereocenters. The van der Waals surface area contributed by atoms with Crippen molar-refractivity contribution in [2.45, 2.75) is 0 Å². The number of benzene rings is 2. The van der Waals surface area contributed by atoms with Crippen molar-refractivity contribution in [1.29, 1.82) is 0 Å². The van der Waals surface area contributed by atoms with E-state index in [2.05, 4.69) is 15.9 Å². The van der Waals surface area contributed by atoms with Crippen molar-refractivity contribution in [3.05, 3.63) is 51.5 Å². The largest absolute Gasteiger partial charge is 0.507 e. The molecule has 2 rings (SSSR count). The number of hydrogen-bond acceptors (Lipinski definition) is 3. The Morgan fingerprint density at radius 3 is 2.65 bits per heavy atom. The number of hydrogen-bond donors (Lipinski definition) is 2. The van der Waals surface area contributed by atoms with Gasteiger partial charge in [0, 0.05) is 17.6 Å². The van der Waals surface area contributed by atoms with E-state index in [0.717, 1.165) is 0 Å². The summed E-state index contributed by atoms with van der Waals surface area (Å²) < 4.78 is 0.527. The van der Waals surface area contributed by atoms with E-state index < -0.39 is 0 Å². The van der Waals surface area contributed by atoms with Gasteiger partial charge in [0.2, 0.25) is 0 Å².